The summed E-state index contributed by atoms with van der Waals surface area (Å²) in [6, 6.07) is 4.48. The molecule has 0 aliphatic carbocycles. The Kier molecular flexibility index (Phi) is 5.00. The van der Waals surface area contributed by atoms with Gasteiger partial charge in [0.05, 0.1) is 5.02 Å². The van der Waals surface area contributed by atoms with Gasteiger partial charge in [0.25, 0.3) is 0 Å². The van der Waals surface area contributed by atoms with Gasteiger partial charge in [-0.15, -0.1) is 0 Å². The Morgan fingerprint density at radius 2 is 2.05 bits per heavy atom. The topological polar surface area (TPSA) is 72.2 Å². The van der Waals surface area contributed by atoms with Gasteiger partial charge < -0.3 is 5.73 Å². The molecule has 1 aliphatic heterocycles. The molecule has 0 unspecified atom stereocenters. The maximum absolute atomic E-state index is 12.2. The van der Waals surface area contributed by atoms with E-state index in [1.54, 1.807) is 6.07 Å². The van der Waals surface area contributed by atoms with E-state index in [0.29, 0.717) is 18.2 Å². The summed E-state index contributed by atoms with van der Waals surface area (Å²) >= 11 is 7.84. The van der Waals surface area contributed by atoms with Crippen LogP contribution in [0.15, 0.2) is 23.1 Å². The van der Waals surface area contributed by atoms with Crippen molar-refractivity contribution in [1.29, 1.82) is 0 Å². The van der Waals surface area contributed by atoms with Crippen LogP contribution in [0.25, 0.3) is 0 Å². The maximum atomic E-state index is 12.2. The zero-order valence-corrected chi connectivity index (χ0v) is 12.8. The molecule has 0 amide bonds. The lowest BCUT2D eigenvalue weighted by molar-refractivity contribution is 0.476. The number of sulfonamides is 1. The summed E-state index contributed by atoms with van der Waals surface area (Å²) in [6.07, 6.45) is 2.11. The molecule has 1 aromatic carbocycles. The van der Waals surface area contributed by atoms with E-state index in [-0.39, 0.29) is 9.92 Å². The Balaban J connectivity index is 2.07. The van der Waals surface area contributed by atoms with E-state index in [0.717, 1.165) is 24.3 Å². The average molecular weight is 321 g/mol. The van der Waals surface area contributed by atoms with Crippen LogP contribution >= 0.6 is 23.4 Å². The van der Waals surface area contributed by atoms with Gasteiger partial charge in [0.1, 0.15) is 4.90 Å². The van der Waals surface area contributed by atoms with E-state index in [1.807, 2.05) is 11.8 Å². The van der Waals surface area contributed by atoms with Crippen LogP contribution in [0.1, 0.15) is 12.8 Å². The normalized spacial score (nSPS) is 17.5. The van der Waals surface area contributed by atoms with Crippen molar-refractivity contribution in [2.24, 2.45) is 5.92 Å². The second kappa shape index (κ2) is 6.35. The summed E-state index contributed by atoms with van der Waals surface area (Å²) in [6.45, 7) is 0.466. The number of thioether (sulfide) groups is 1. The Morgan fingerprint density at radius 3 is 2.74 bits per heavy atom. The average Bonchev–Trinajstić information content (AvgIpc) is 2.40. The number of anilines is 1. The Hall–Kier alpha value is -0.430. The molecule has 0 atom stereocenters. The van der Waals surface area contributed by atoms with Crippen LogP contribution < -0.4 is 10.5 Å². The van der Waals surface area contributed by atoms with Crippen LogP contribution in [0.5, 0.6) is 0 Å². The zero-order valence-electron chi connectivity index (χ0n) is 10.4. The largest absolute Gasteiger partial charge is 0.399 e. The second-order valence-electron chi connectivity index (χ2n) is 4.60. The Morgan fingerprint density at radius 1 is 1.37 bits per heavy atom. The van der Waals surface area contributed by atoms with Crippen molar-refractivity contribution in [3.63, 3.8) is 0 Å². The fourth-order valence-electron chi connectivity index (χ4n) is 1.98. The van der Waals surface area contributed by atoms with Gasteiger partial charge >= 0.3 is 0 Å². The predicted molar refractivity (Wildman–Crippen MR) is 81.1 cm³/mol. The molecule has 4 nitrogen and oxygen atoms in total. The number of hydrogen-bond donors (Lipinski definition) is 2. The van der Waals surface area contributed by atoms with Gasteiger partial charge in [-0.2, -0.15) is 11.8 Å². The molecule has 0 spiro atoms. The first kappa shape index (κ1) is 15.0. The number of halogens is 1. The summed E-state index contributed by atoms with van der Waals surface area (Å²) in [5.74, 6) is 2.62. The first-order valence-corrected chi connectivity index (χ1v) is 9.13. The summed E-state index contributed by atoms with van der Waals surface area (Å²) in [5, 5.41) is 0.195. The van der Waals surface area contributed by atoms with Crippen molar-refractivity contribution >= 4 is 39.1 Å². The van der Waals surface area contributed by atoms with E-state index in [1.165, 1.54) is 12.1 Å². The van der Waals surface area contributed by atoms with Crippen molar-refractivity contribution in [2.75, 3.05) is 23.8 Å². The highest BCUT2D eigenvalue weighted by Gasteiger charge is 2.21. The first-order chi connectivity index (χ1) is 8.99. The zero-order chi connectivity index (χ0) is 13.9. The van der Waals surface area contributed by atoms with Gasteiger partial charge in [-0.1, -0.05) is 11.6 Å². The minimum Gasteiger partial charge on any atom is -0.399 e. The monoisotopic (exact) mass is 320 g/mol. The Labute approximate surface area is 123 Å². The van der Waals surface area contributed by atoms with Gasteiger partial charge in [-0.25, -0.2) is 13.1 Å². The lowest BCUT2D eigenvalue weighted by Gasteiger charge is -2.21. The van der Waals surface area contributed by atoms with Crippen LogP contribution in [0.2, 0.25) is 5.02 Å². The molecule has 1 saturated heterocycles. The van der Waals surface area contributed by atoms with Crippen LogP contribution in [-0.2, 0) is 10.0 Å². The molecule has 3 N–H and O–H groups in total. The predicted octanol–water partition coefficient (Wildman–Crippen LogP) is 2.34. The molecule has 0 radical (unpaired) electrons. The van der Waals surface area contributed by atoms with E-state index in [2.05, 4.69) is 4.72 Å². The summed E-state index contributed by atoms with van der Waals surface area (Å²) in [5.41, 5.74) is 6.00. The van der Waals surface area contributed by atoms with Gasteiger partial charge in [-0.3, -0.25) is 0 Å². The van der Waals surface area contributed by atoms with E-state index >= 15 is 0 Å². The van der Waals surface area contributed by atoms with Crippen LogP contribution in [0, 0.1) is 5.92 Å². The fourth-order valence-corrected chi connectivity index (χ4v) is 4.83. The van der Waals surface area contributed by atoms with Crippen LogP contribution in [0.4, 0.5) is 5.69 Å². The third kappa shape index (κ3) is 4.02. The van der Waals surface area contributed by atoms with Crippen LogP contribution in [-0.4, -0.2) is 26.5 Å². The number of hydrogen-bond acceptors (Lipinski definition) is 4. The number of nitrogens with two attached hydrogens (primary N) is 1. The minimum atomic E-state index is -3.58. The molecule has 0 bridgehead atoms. The summed E-state index contributed by atoms with van der Waals surface area (Å²) in [4.78, 5) is 0.0550. The van der Waals surface area contributed by atoms with E-state index < -0.39 is 10.0 Å². The maximum Gasteiger partial charge on any atom is 0.242 e. The number of nitrogens with one attached hydrogen (secondary N) is 1. The number of benzene rings is 1. The fraction of sp³-hybridized carbons (Fsp3) is 0.500. The van der Waals surface area contributed by atoms with E-state index in [4.69, 9.17) is 17.3 Å². The van der Waals surface area contributed by atoms with Crippen molar-refractivity contribution in [1.82, 2.24) is 4.72 Å². The molecular formula is C12H17ClN2O2S2. The van der Waals surface area contributed by atoms with Crippen molar-refractivity contribution in [2.45, 2.75) is 17.7 Å². The minimum absolute atomic E-state index is 0.0550. The molecule has 1 heterocycles. The smallest absolute Gasteiger partial charge is 0.242 e. The van der Waals surface area contributed by atoms with Gasteiger partial charge in [0.2, 0.25) is 10.0 Å². The van der Waals surface area contributed by atoms with Crippen molar-refractivity contribution in [3.05, 3.63) is 23.2 Å². The third-order valence-electron chi connectivity index (χ3n) is 3.15. The van der Waals surface area contributed by atoms with Crippen molar-refractivity contribution < 1.29 is 8.42 Å². The Bertz CT molecular complexity index is 543. The van der Waals surface area contributed by atoms with Gasteiger partial charge in [0.15, 0.2) is 0 Å². The lowest BCUT2D eigenvalue weighted by Crippen LogP contribution is -2.31. The molecule has 1 aromatic rings. The number of nitrogen functional groups attached to an aromatic ring is 1. The van der Waals surface area contributed by atoms with Crippen molar-refractivity contribution in [3.8, 4) is 0 Å². The van der Waals surface area contributed by atoms with Gasteiger partial charge in [-0.05, 0) is 48.5 Å². The standard InChI is InChI=1S/C12H17ClN2O2S2/c13-11-2-1-10(14)7-12(11)19(16,17)15-8-9-3-5-18-6-4-9/h1-2,7,9,15H,3-6,8,14H2. The summed E-state index contributed by atoms with van der Waals surface area (Å²) in [7, 11) is -3.58. The lowest BCUT2D eigenvalue weighted by atomic mass is 10.0. The summed E-state index contributed by atoms with van der Waals surface area (Å²) < 4.78 is 27.0. The SMILES string of the molecule is Nc1ccc(Cl)c(S(=O)(=O)NCC2CCSCC2)c1. The van der Waals surface area contributed by atoms with Crippen LogP contribution in [0.3, 0.4) is 0 Å². The van der Waals surface area contributed by atoms with E-state index in [9.17, 15) is 8.42 Å². The highest BCUT2D eigenvalue weighted by Crippen LogP contribution is 2.25. The quantitative estimate of drug-likeness (QED) is 0.835. The third-order valence-corrected chi connectivity index (χ3v) is 6.10. The number of rotatable bonds is 4. The molecule has 0 saturated carbocycles. The molecule has 0 aromatic heterocycles. The molecule has 1 aliphatic rings. The molecular weight excluding hydrogens is 304 g/mol. The molecule has 19 heavy (non-hydrogen) atoms. The highest BCUT2D eigenvalue weighted by atomic mass is 35.5. The molecule has 106 valence electrons. The molecule has 7 heteroatoms. The molecule has 2 rings (SSSR count). The highest BCUT2D eigenvalue weighted by molar-refractivity contribution is 7.99. The molecule has 1 fully saturated rings. The van der Waals surface area contributed by atoms with Gasteiger partial charge in [0, 0.05) is 12.2 Å². The first-order valence-electron chi connectivity index (χ1n) is 6.11. The second-order valence-corrected chi connectivity index (χ2v) is 7.96.